The van der Waals surface area contributed by atoms with Crippen molar-refractivity contribution in [1.29, 1.82) is 0 Å². The second-order valence-corrected chi connectivity index (χ2v) is 4.69. The summed E-state index contributed by atoms with van der Waals surface area (Å²) in [7, 11) is 3.47. The molecule has 0 radical (unpaired) electrons. The zero-order valence-electron chi connectivity index (χ0n) is 12.3. The number of hydrogen-bond acceptors (Lipinski definition) is 2. The highest BCUT2D eigenvalue weighted by atomic mass is 16.5. The van der Waals surface area contributed by atoms with Crippen LogP contribution in [0.25, 0.3) is 6.08 Å². The maximum Gasteiger partial charge on any atom is 0.246 e. The third kappa shape index (κ3) is 4.78. The van der Waals surface area contributed by atoms with E-state index in [0.29, 0.717) is 0 Å². The monoisotopic (exact) mass is 261 g/mol. The number of carbonyl (C=O) groups excluding carboxylic acids is 1. The van der Waals surface area contributed by atoms with Gasteiger partial charge in [-0.25, -0.2) is 0 Å². The van der Waals surface area contributed by atoms with Crippen LogP contribution in [-0.2, 0) is 4.79 Å². The van der Waals surface area contributed by atoms with E-state index in [1.165, 1.54) is 0 Å². The van der Waals surface area contributed by atoms with Crippen LogP contribution in [0.1, 0.15) is 30.9 Å². The molecule has 1 aromatic rings. The molecule has 0 aliphatic carbocycles. The number of benzene rings is 1. The molecule has 0 spiro atoms. The Labute approximate surface area is 115 Å². The van der Waals surface area contributed by atoms with Gasteiger partial charge in [0.15, 0.2) is 0 Å². The van der Waals surface area contributed by atoms with Gasteiger partial charge < -0.3 is 9.64 Å². The highest BCUT2D eigenvalue weighted by molar-refractivity contribution is 5.92. The first-order valence-electron chi connectivity index (χ1n) is 6.66. The lowest BCUT2D eigenvalue weighted by molar-refractivity contribution is -0.124. The molecule has 3 nitrogen and oxygen atoms in total. The second-order valence-electron chi connectivity index (χ2n) is 4.69. The van der Waals surface area contributed by atoms with Crippen LogP contribution in [0.3, 0.4) is 0 Å². The van der Waals surface area contributed by atoms with Crippen molar-refractivity contribution in [1.82, 2.24) is 4.90 Å². The number of methoxy groups -OCH3 is 1. The third-order valence-electron chi connectivity index (χ3n) is 3.01. The minimum Gasteiger partial charge on any atom is -0.496 e. The smallest absolute Gasteiger partial charge is 0.246 e. The van der Waals surface area contributed by atoms with Crippen molar-refractivity contribution < 1.29 is 9.53 Å². The zero-order chi connectivity index (χ0) is 14.3. The van der Waals surface area contributed by atoms with Crippen molar-refractivity contribution in [2.24, 2.45) is 0 Å². The van der Waals surface area contributed by atoms with Gasteiger partial charge in [-0.3, -0.25) is 4.79 Å². The number of rotatable bonds is 6. The average molecular weight is 261 g/mol. The first kappa shape index (κ1) is 15.3. The summed E-state index contributed by atoms with van der Waals surface area (Å²) in [6, 6.07) is 5.92. The molecule has 3 heteroatoms. The Morgan fingerprint density at radius 2 is 2.16 bits per heavy atom. The zero-order valence-corrected chi connectivity index (χ0v) is 12.3. The molecule has 0 aromatic heterocycles. The number of amides is 1. The Morgan fingerprint density at radius 1 is 1.42 bits per heavy atom. The molecule has 0 unspecified atom stereocenters. The lowest BCUT2D eigenvalue weighted by atomic mass is 10.1. The first-order chi connectivity index (χ1) is 9.08. The molecule has 0 aliphatic heterocycles. The molecular weight excluding hydrogens is 238 g/mol. The van der Waals surface area contributed by atoms with Crippen molar-refractivity contribution in [2.45, 2.75) is 26.7 Å². The average Bonchev–Trinajstić information content (AvgIpc) is 2.42. The van der Waals surface area contributed by atoms with Crippen LogP contribution < -0.4 is 4.74 Å². The lowest BCUT2D eigenvalue weighted by Crippen LogP contribution is -2.25. The molecule has 1 aromatic carbocycles. The molecule has 0 saturated heterocycles. The Hall–Kier alpha value is -1.77. The largest absolute Gasteiger partial charge is 0.496 e. The summed E-state index contributed by atoms with van der Waals surface area (Å²) in [5.41, 5.74) is 2.08. The summed E-state index contributed by atoms with van der Waals surface area (Å²) < 4.78 is 5.28. The highest BCUT2D eigenvalue weighted by Gasteiger charge is 2.05. The summed E-state index contributed by atoms with van der Waals surface area (Å²) in [6.07, 6.45) is 5.54. The summed E-state index contributed by atoms with van der Waals surface area (Å²) in [5, 5.41) is 0. The fourth-order valence-electron chi connectivity index (χ4n) is 1.78. The van der Waals surface area contributed by atoms with E-state index in [4.69, 9.17) is 4.74 Å². The number of aryl methyl sites for hydroxylation is 1. The Bertz CT molecular complexity index is 452. The molecular formula is C16H23NO2. The molecule has 1 rings (SSSR count). The normalized spacial score (nSPS) is 10.7. The van der Waals surface area contributed by atoms with Gasteiger partial charge in [0.05, 0.1) is 7.11 Å². The minimum absolute atomic E-state index is 0.0250. The number of nitrogens with zero attached hydrogens (tertiary/aromatic N) is 1. The number of likely N-dealkylation sites (N-methyl/N-ethyl adjacent to an activating group) is 1. The van der Waals surface area contributed by atoms with Crippen LogP contribution in [0.4, 0.5) is 0 Å². The molecule has 0 atom stereocenters. The van der Waals surface area contributed by atoms with E-state index >= 15 is 0 Å². The van der Waals surface area contributed by atoms with Crippen molar-refractivity contribution in [3.05, 3.63) is 35.4 Å². The van der Waals surface area contributed by atoms with Crippen molar-refractivity contribution in [3.63, 3.8) is 0 Å². The molecule has 0 N–H and O–H groups in total. The molecule has 104 valence electrons. The van der Waals surface area contributed by atoms with Crippen LogP contribution in [-0.4, -0.2) is 31.5 Å². The van der Waals surface area contributed by atoms with Crippen LogP contribution in [0.15, 0.2) is 24.3 Å². The number of hydrogen-bond donors (Lipinski definition) is 0. The summed E-state index contributed by atoms with van der Waals surface area (Å²) in [5.74, 6) is 0.808. The Morgan fingerprint density at radius 3 is 2.79 bits per heavy atom. The Balaban J connectivity index is 2.75. The van der Waals surface area contributed by atoms with Crippen molar-refractivity contribution >= 4 is 12.0 Å². The highest BCUT2D eigenvalue weighted by Crippen LogP contribution is 2.21. The van der Waals surface area contributed by atoms with Crippen LogP contribution in [0.5, 0.6) is 5.75 Å². The van der Waals surface area contributed by atoms with E-state index in [-0.39, 0.29) is 5.91 Å². The molecule has 19 heavy (non-hydrogen) atoms. The summed E-state index contributed by atoms with van der Waals surface area (Å²) in [4.78, 5) is 13.6. The Kier molecular flexibility index (Phi) is 6.13. The predicted octanol–water partition coefficient (Wildman–Crippen LogP) is 3.28. The predicted molar refractivity (Wildman–Crippen MR) is 79.3 cm³/mol. The van der Waals surface area contributed by atoms with Gasteiger partial charge in [0.2, 0.25) is 5.91 Å². The molecule has 0 aliphatic rings. The van der Waals surface area contributed by atoms with Gasteiger partial charge >= 0.3 is 0 Å². The van der Waals surface area contributed by atoms with Gasteiger partial charge in [0, 0.05) is 25.2 Å². The van der Waals surface area contributed by atoms with E-state index in [2.05, 4.69) is 6.92 Å². The molecule has 0 bridgehead atoms. The number of ether oxygens (including phenoxy) is 1. The first-order valence-corrected chi connectivity index (χ1v) is 6.66. The maximum atomic E-state index is 11.9. The van der Waals surface area contributed by atoms with Crippen LogP contribution >= 0.6 is 0 Å². The van der Waals surface area contributed by atoms with E-state index in [1.807, 2.05) is 38.2 Å². The van der Waals surface area contributed by atoms with Gasteiger partial charge in [0.1, 0.15) is 5.75 Å². The van der Waals surface area contributed by atoms with E-state index in [9.17, 15) is 4.79 Å². The van der Waals surface area contributed by atoms with Crippen LogP contribution in [0, 0.1) is 6.92 Å². The van der Waals surface area contributed by atoms with Gasteiger partial charge in [0.25, 0.3) is 0 Å². The maximum absolute atomic E-state index is 11.9. The lowest BCUT2D eigenvalue weighted by Gasteiger charge is -2.14. The topological polar surface area (TPSA) is 29.5 Å². The summed E-state index contributed by atoms with van der Waals surface area (Å²) in [6.45, 7) is 4.93. The number of carbonyl (C=O) groups is 1. The standard InChI is InChI=1S/C16H23NO2/c1-5-6-11-17(3)16(18)10-8-14-12-13(2)7-9-15(14)19-4/h7-10,12H,5-6,11H2,1-4H3/b10-8+. The number of unbranched alkanes of at least 4 members (excludes halogenated alkanes) is 1. The van der Waals surface area contributed by atoms with Crippen molar-refractivity contribution in [3.8, 4) is 5.75 Å². The van der Waals surface area contributed by atoms with E-state index < -0.39 is 0 Å². The van der Waals surface area contributed by atoms with E-state index in [0.717, 1.165) is 36.3 Å². The van der Waals surface area contributed by atoms with Crippen LogP contribution in [0.2, 0.25) is 0 Å². The fraction of sp³-hybridized carbons (Fsp3) is 0.438. The molecule has 1 amide bonds. The molecule has 0 fully saturated rings. The van der Waals surface area contributed by atoms with Gasteiger partial charge in [-0.2, -0.15) is 0 Å². The molecule has 0 heterocycles. The SMILES string of the molecule is CCCCN(C)C(=O)/C=C/c1cc(C)ccc1OC. The van der Waals surface area contributed by atoms with Gasteiger partial charge in [-0.05, 0) is 31.6 Å². The summed E-state index contributed by atoms with van der Waals surface area (Å²) >= 11 is 0. The fourth-order valence-corrected chi connectivity index (χ4v) is 1.78. The van der Waals surface area contributed by atoms with E-state index in [1.54, 1.807) is 18.1 Å². The minimum atomic E-state index is 0.0250. The van der Waals surface area contributed by atoms with Crippen molar-refractivity contribution in [2.75, 3.05) is 20.7 Å². The van der Waals surface area contributed by atoms with Gasteiger partial charge in [-0.15, -0.1) is 0 Å². The van der Waals surface area contributed by atoms with Gasteiger partial charge in [-0.1, -0.05) is 25.0 Å². The quantitative estimate of drug-likeness (QED) is 0.735. The molecule has 0 saturated carbocycles. The third-order valence-corrected chi connectivity index (χ3v) is 3.01. The second kappa shape index (κ2) is 7.62.